The Hall–Kier alpha value is -3.89. The van der Waals surface area contributed by atoms with E-state index in [-0.39, 0.29) is 29.1 Å². The number of thioether (sulfide) groups is 1. The van der Waals surface area contributed by atoms with Crippen LogP contribution in [0.2, 0.25) is 0 Å². The first-order chi connectivity index (χ1) is 17.9. The van der Waals surface area contributed by atoms with E-state index in [4.69, 9.17) is 4.42 Å². The van der Waals surface area contributed by atoms with Gasteiger partial charge in [0.05, 0.1) is 33.7 Å². The fraction of sp³-hybridized carbons (Fsp3) is 0.185. The molecule has 6 rings (SSSR count). The van der Waals surface area contributed by atoms with Crippen LogP contribution in [0, 0.1) is 12.8 Å². The van der Waals surface area contributed by atoms with Gasteiger partial charge in [0.15, 0.2) is 0 Å². The Morgan fingerprint density at radius 3 is 2.43 bits per heavy atom. The van der Waals surface area contributed by atoms with Crippen LogP contribution in [0.3, 0.4) is 0 Å². The van der Waals surface area contributed by atoms with Gasteiger partial charge in [-0.05, 0) is 43.3 Å². The van der Waals surface area contributed by atoms with Gasteiger partial charge in [0.2, 0.25) is 17.7 Å². The Kier molecular flexibility index (Phi) is 5.85. The molecule has 2 aromatic heterocycles. The number of fused-ring (bicyclic) bond motifs is 2. The monoisotopic (exact) mass is 531 g/mol. The highest BCUT2D eigenvalue weighted by Crippen LogP contribution is 2.53. The maximum atomic E-state index is 13.7. The van der Waals surface area contributed by atoms with Crippen molar-refractivity contribution in [2.75, 3.05) is 10.2 Å². The highest BCUT2D eigenvalue weighted by molar-refractivity contribution is 8.00. The fourth-order valence-corrected chi connectivity index (χ4v) is 7.60. The third kappa shape index (κ3) is 4.02. The van der Waals surface area contributed by atoms with Gasteiger partial charge >= 0.3 is 4.87 Å². The lowest BCUT2D eigenvalue weighted by Gasteiger charge is -2.29. The lowest BCUT2D eigenvalue weighted by Crippen LogP contribution is -2.32. The normalized spacial score (nSPS) is 20.6. The lowest BCUT2D eigenvalue weighted by atomic mass is 9.87. The van der Waals surface area contributed by atoms with Gasteiger partial charge in [-0.15, -0.1) is 0 Å². The number of rotatable bonds is 5. The first-order valence-electron chi connectivity index (χ1n) is 11.7. The van der Waals surface area contributed by atoms with Crippen molar-refractivity contribution in [3.05, 3.63) is 98.9 Å². The van der Waals surface area contributed by atoms with E-state index in [9.17, 15) is 19.2 Å². The van der Waals surface area contributed by atoms with Crippen molar-refractivity contribution >= 4 is 52.2 Å². The molecule has 1 N–H and O–H groups in total. The summed E-state index contributed by atoms with van der Waals surface area (Å²) in [6, 6.07) is 19.7. The van der Waals surface area contributed by atoms with Crippen LogP contribution in [0.1, 0.15) is 22.1 Å². The van der Waals surface area contributed by atoms with Crippen molar-refractivity contribution in [2.24, 2.45) is 5.92 Å². The number of hydrogen-bond donors (Lipinski definition) is 1. The average molecular weight is 532 g/mol. The summed E-state index contributed by atoms with van der Waals surface area (Å²) in [6.45, 7) is 1.75. The van der Waals surface area contributed by atoms with Crippen LogP contribution < -0.4 is 15.1 Å². The van der Waals surface area contributed by atoms with Crippen LogP contribution in [0.25, 0.3) is 0 Å². The maximum absolute atomic E-state index is 13.7. The summed E-state index contributed by atoms with van der Waals surface area (Å²) in [5.74, 6) is -1.87. The number of nitrogens with one attached hydrogen (secondary N) is 1. The van der Waals surface area contributed by atoms with Gasteiger partial charge in [-0.25, -0.2) is 4.90 Å². The van der Waals surface area contributed by atoms with Gasteiger partial charge in [-0.2, -0.15) is 0 Å². The first-order valence-corrected chi connectivity index (χ1v) is 13.3. The van der Waals surface area contributed by atoms with Crippen LogP contribution in [0.5, 0.6) is 0 Å². The molecule has 4 heterocycles. The minimum Gasteiger partial charge on any atom is -0.469 e. The molecule has 10 heteroatoms. The first kappa shape index (κ1) is 23.5. The number of benzene rings is 2. The van der Waals surface area contributed by atoms with E-state index in [1.54, 1.807) is 48.5 Å². The summed E-state index contributed by atoms with van der Waals surface area (Å²) in [5.41, 5.74) is 2.20. The van der Waals surface area contributed by atoms with Gasteiger partial charge in [0, 0.05) is 5.69 Å². The van der Waals surface area contributed by atoms with Crippen molar-refractivity contribution < 1.29 is 18.8 Å². The number of hydrogen-bond acceptors (Lipinski definition) is 7. The van der Waals surface area contributed by atoms with E-state index in [2.05, 4.69) is 5.32 Å². The Morgan fingerprint density at radius 2 is 1.73 bits per heavy atom. The van der Waals surface area contributed by atoms with E-state index in [0.29, 0.717) is 27.0 Å². The summed E-state index contributed by atoms with van der Waals surface area (Å²) in [6.07, 6.45) is 1.51. The second-order valence-corrected chi connectivity index (χ2v) is 11.1. The molecule has 2 aromatic carbocycles. The summed E-state index contributed by atoms with van der Waals surface area (Å²) >= 11 is 2.16. The molecular weight excluding hydrogens is 510 g/mol. The zero-order chi connectivity index (χ0) is 25.7. The highest BCUT2D eigenvalue weighted by Gasteiger charge is 2.57. The summed E-state index contributed by atoms with van der Waals surface area (Å²) in [4.78, 5) is 54.7. The van der Waals surface area contributed by atoms with Gasteiger partial charge < -0.3 is 9.73 Å². The molecule has 37 heavy (non-hydrogen) atoms. The molecule has 2 aliphatic rings. The van der Waals surface area contributed by atoms with Gasteiger partial charge in [0.1, 0.15) is 17.6 Å². The predicted octanol–water partition coefficient (Wildman–Crippen LogP) is 4.25. The number of para-hydroxylation sites is 1. The van der Waals surface area contributed by atoms with Crippen LogP contribution in [-0.2, 0) is 20.9 Å². The topological polar surface area (TPSA) is 102 Å². The Morgan fingerprint density at radius 1 is 0.973 bits per heavy atom. The quantitative estimate of drug-likeness (QED) is 0.387. The van der Waals surface area contributed by atoms with E-state index in [1.165, 1.54) is 27.5 Å². The Balaban J connectivity index is 1.38. The molecule has 0 saturated carbocycles. The zero-order valence-electron chi connectivity index (χ0n) is 19.6. The van der Waals surface area contributed by atoms with Crippen molar-refractivity contribution in [3.63, 3.8) is 0 Å². The van der Waals surface area contributed by atoms with Crippen LogP contribution in [0.15, 0.2) is 87.2 Å². The third-order valence-corrected chi connectivity index (χ3v) is 9.15. The summed E-state index contributed by atoms with van der Waals surface area (Å²) < 4.78 is 7.10. The van der Waals surface area contributed by atoms with Crippen molar-refractivity contribution in [1.82, 2.24) is 4.57 Å². The SMILES string of the molecule is Cc1ccc(NC(=O)Cn2c3c(sc2=O)[C@H](c2ccco2)C2C(=O)N(c4ccccc4)C(=O)C2S3)cc1. The molecule has 0 aliphatic carbocycles. The molecular formula is C27H21N3O5S2. The molecule has 3 amide bonds. The predicted molar refractivity (Wildman–Crippen MR) is 141 cm³/mol. The van der Waals surface area contributed by atoms with E-state index < -0.39 is 17.1 Å². The largest absolute Gasteiger partial charge is 0.469 e. The number of nitrogens with zero attached hydrogens (tertiary/aromatic N) is 2. The Bertz CT molecular complexity index is 1560. The van der Waals surface area contributed by atoms with Gasteiger partial charge in [-0.1, -0.05) is 59.0 Å². The molecule has 1 saturated heterocycles. The molecule has 0 spiro atoms. The van der Waals surface area contributed by atoms with Crippen molar-refractivity contribution in [1.29, 1.82) is 0 Å². The smallest absolute Gasteiger partial charge is 0.308 e. The molecule has 0 bridgehead atoms. The second kappa shape index (κ2) is 9.20. The van der Waals surface area contributed by atoms with Crippen molar-refractivity contribution in [2.45, 2.75) is 29.7 Å². The number of carbonyl (C=O) groups is 3. The number of carbonyl (C=O) groups excluding carboxylic acids is 3. The summed E-state index contributed by atoms with van der Waals surface area (Å²) in [7, 11) is 0. The number of furan rings is 1. The third-order valence-electron chi connectivity index (χ3n) is 6.55. The molecule has 186 valence electrons. The number of aromatic nitrogens is 1. The molecule has 2 aliphatic heterocycles. The van der Waals surface area contributed by atoms with Crippen LogP contribution in [0.4, 0.5) is 11.4 Å². The van der Waals surface area contributed by atoms with E-state index in [1.807, 2.05) is 25.1 Å². The Labute approximate surface area is 219 Å². The highest BCUT2D eigenvalue weighted by atomic mass is 32.2. The number of aryl methyl sites for hydroxylation is 1. The molecule has 0 radical (unpaired) electrons. The van der Waals surface area contributed by atoms with Crippen LogP contribution >= 0.6 is 23.1 Å². The van der Waals surface area contributed by atoms with Gasteiger partial charge in [-0.3, -0.25) is 23.7 Å². The molecule has 8 nitrogen and oxygen atoms in total. The minimum atomic E-state index is -0.754. The molecule has 4 aromatic rings. The van der Waals surface area contributed by atoms with Gasteiger partial charge in [0.25, 0.3) is 0 Å². The number of amides is 3. The average Bonchev–Trinajstić information content (AvgIpc) is 3.59. The minimum absolute atomic E-state index is 0.210. The molecule has 2 unspecified atom stereocenters. The number of anilines is 2. The fourth-order valence-electron chi connectivity index (χ4n) is 4.84. The maximum Gasteiger partial charge on any atom is 0.308 e. The van der Waals surface area contributed by atoms with Crippen molar-refractivity contribution in [3.8, 4) is 0 Å². The van der Waals surface area contributed by atoms with Crippen LogP contribution in [-0.4, -0.2) is 27.5 Å². The lowest BCUT2D eigenvalue weighted by molar-refractivity contribution is -0.122. The summed E-state index contributed by atoms with van der Waals surface area (Å²) in [5, 5.41) is 2.59. The zero-order valence-corrected chi connectivity index (χ0v) is 21.3. The number of thiazole rings is 1. The number of imide groups is 1. The molecule has 1 fully saturated rings. The second-order valence-electron chi connectivity index (χ2n) is 8.94. The van der Waals surface area contributed by atoms with E-state index in [0.717, 1.165) is 16.9 Å². The standard InChI is InChI=1S/C27H21N3O5S2/c1-15-9-11-16(12-10-15)28-19(31)14-29-26-23(37-27(29)34)20(18-8-5-13-35-18)21-22(36-26)25(33)30(24(21)32)17-6-3-2-4-7-17/h2-13,20-22H,14H2,1H3,(H,28,31)/t20-,21?,22?/m1/s1. The molecule has 3 atom stereocenters. The van der Waals surface area contributed by atoms with E-state index >= 15 is 0 Å².